The molecule has 11 heteroatoms. The molecular formula is C33H33Cl2N5O4. The van der Waals surface area contributed by atoms with Crippen molar-refractivity contribution in [1.82, 2.24) is 14.8 Å². The van der Waals surface area contributed by atoms with Crippen molar-refractivity contribution < 1.29 is 19.0 Å². The molecule has 1 fully saturated rings. The molecule has 1 amide bonds. The molecule has 9 nitrogen and oxygen atoms in total. The van der Waals surface area contributed by atoms with E-state index in [1.54, 1.807) is 12.3 Å². The average Bonchev–Trinajstić information content (AvgIpc) is 3.51. The van der Waals surface area contributed by atoms with Gasteiger partial charge >= 0.3 is 0 Å². The van der Waals surface area contributed by atoms with Gasteiger partial charge in [-0.05, 0) is 65.7 Å². The van der Waals surface area contributed by atoms with Crippen LogP contribution in [0.4, 0.5) is 11.4 Å². The Morgan fingerprint density at radius 2 is 1.68 bits per heavy atom. The van der Waals surface area contributed by atoms with E-state index in [-0.39, 0.29) is 12.7 Å². The number of amides is 1. The van der Waals surface area contributed by atoms with Gasteiger partial charge in [0.05, 0.1) is 28.5 Å². The van der Waals surface area contributed by atoms with E-state index in [0.29, 0.717) is 47.9 Å². The molecule has 0 atom stereocenters. The van der Waals surface area contributed by atoms with Gasteiger partial charge in [-0.3, -0.25) is 9.69 Å². The Balaban J connectivity index is 0.938. The van der Waals surface area contributed by atoms with Crippen molar-refractivity contribution in [3.05, 3.63) is 100 Å². The Morgan fingerprint density at radius 1 is 0.909 bits per heavy atom. The molecule has 0 saturated carbocycles. The van der Waals surface area contributed by atoms with Crippen LogP contribution in [0.25, 0.3) is 0 Å². The molecule has 1 saturated heterocycles. The van der Waals surface area contributed by atoms with Crippen molar-refractivity contribution in [2.75, 3.05) is 56.8 Å². The lowest BCUT2D eigenvalue weighted by atomic mass is 10.1. The number of likely N-dealkylation sites (N-methyl/N-ethyl adjacent to an activating group) is 1. The van der Waals surface area contributed by atoms with Gasteiger partial charge in [0.2, 0.25) is 18.6 Å². The number of piperazine rings is 1. The number of nitrogens with one attached hydrogen (secondary N) is 1. The minimum atomic E-state index is 0.118. The molecule has 1 aromatic heterocycles. The molecule has 0 radical (unpaired) electrons. The summed E-state index contributed by atoms with van der Waals surface area (Å²) >= 11 is 12.1. The molecule has 44 heavy (non-hydrogen) atoms. The molecule has 1 N–H and O–H groups in total. The Labute approximate surface area is 266 Å². The summed E-state index contributed by atoms with van der Waals surface area (Å²) in [5.41, 5.74) is 3.99. The summed E-state index contributed by atoms with van der Waals surface area (Å²) in [5.74, 6) is 2.86. The number of aromatic nitrogens is 1. The summed E-state index contributed by atoms with van der Waals surface area (Å²) in [7, 11) is 1.93. The molecule has 6 rings (SSSR count). The number of halogens is 2. The second kappa shape index (κ2) is 13.6. The van der Waals surface area contributed by atoms with Gasteiger partial charge in [0, 0.05) is 58.1 Å². The first-order valence-electron chi connectivity index (χ1n) is 14.4. The number of nitrogens with zero attached hydrogens (tertiary/aromatic N) is 4. The molecule has 228 valence electrons. The number of pyridine rings is 1. The van der Waals surface area contributed by atoms with Crippen LogP contribution >= 0.6 is 23.2 Å². The minimum absolute atomic E-state index is 0.118. The molecule has 3 heterocycles. The van der Waals surface area contributed by atoms with Crippen molar-refractivity contribution in [3.8, 4) is 23.1 Å². The van der Waals surface area contributed by atoms with Crippen LogP contribution in [0.2, 0.25) is 10.0 Å². The zero-order chi connectivity index (χ0) is 30.5. The zero-order valence-corrected chi connectivity index (χ0v) is 25.9. The van der Waals surface area contributed by atoms with Crippen LogP contribution in [-0.4, -0.2) is 67.3 Å². The quantitative estimate of drug-likeness (QED) is 0.218. The molecule has 3 aromatic carbocycles. The summed E-state index contributed by atoms with van der Waals surface area (Å²) in [6, 6.07) is 23.0. The second-order valence-electron chi connectivity index (χ2n) is 10.8. The van der Waals surface area contributed by atoms with Crippen molar-refractivity contribution in [3.63, 3.8) is 0 Å². The highest BCUT2D eigenvalue weighted by Crippen LogP contribution is 2.33. The number of carbonyl (C=O) groups excluding carboxylic acids is 1. The van der Waals surface area contributed by atoms with E-state index in [1.807, 2.05) is 77.5 Å². The number of hydrogen-bond acceptors (Lipinski definition) is 8. The highest BCUT2D eigenvalue weighted by molar-refractivity contribution is 6.42. The van der Waals surface area contributed by atoms with Gasteiger partial charge in [-0.15, -0.1) is 0 Å². The van der Waals surface area contributed by atoms with Crippen molar-refractivity contribution in [2.45, 2.75) is 13.1 Å². The zero-order valence-electron chi connectivity index (χ0n) is 24.3. The smallest absolute Gasteiger partial charge is 0.242 e. The number of carbonyl (C=O) groups is 1. The monoisotopic (exact) mass is 633 g/mol. The first-order chi connectivity index (χ1) is 21.4. The molecule has 0 bridgehead atoms. The van der Waals surface area contributed by atoms with Gasteiger partial charge < -0.3 is 29.3 Å². The van der Waals surface area contributed by atoms with Crippen LogP contribution < -0.4 is 24.4 Å². The average molecular weight is 635 g/mol. The third kappa shape index (κ3) is 7.48. The highest BCUT2D eigenvalue weighted by atomic mass is 35.5. The summed E-state index contributed by atoms with van der Waals surface area (Å²) in [6.07, 6.45) is 1.72. The van der Waals surface area contributed by atoms with Crippen molar-refractivity contribution in [2.24, 2.45) is 0 Å². The number of rotatable bonds is 10. The second-order valence-corrected chi connectivity index (χ2v) is 11.6. The Bertz CT molecular complexity index is 1600. The lowest BCUT2D eigenvalue weighted by Gasteiger charge is -2.35. The van der Waals surface area contributed by atoms with Crippen LogP contribution in [0, 0.1) is 0 Å². The summed E-state index contributed by atoms with van der Waals surface area (Å²) < 4.78 is 16.8. The normalized spacial score (nSPS) is 14.4. The van der Waals surface area contributed by atoms with E-state index >= 15 is 0 Å². The standard InChI is InChI=1S/C33H33Cl2N5O4/c1-38(21-33(41)40-14-12-39(13-15-40)20-24-3-10-30-31(17-24)43-22-42-30)26-5-7-27(8-6-26)44-32-11-4-25(19-37-32)36-18-23-2-9-28(34)29(35)16-23/h2-11,16-17,19,36H,12-15,18,20-22H2,1H3. The van der Waals surface area contributed by atoms with Crippen molar-refractivity contribution in [1.29, 1.82) is 0 Å². The molecule has 4 aromatic rings. The summed E-state index contributed by atoms with van der Waals surface area (Å²) in [5, 5.41) is 4.37. The topological polar surface area (TPSA) is 79.4 Å². The third-order valence-corrected chi connectivity index (χ3v) is 8.40. The number of hydrogen-bond donors (Lipinski definition) is 1. The largest absolute Gasteiger partial charge is 0.454 e. The maximum atomic E-state index is 13.1. The SMILES string of the molecule is CN(CC(=O)N1CCN(Cc2ccc3c(c2)OCO3)CC1)c1ccc(Oc2ccc(NCc3ccc(Cl)c(Cl)c3)cn2)cc1. The van der Waals surface area contributed by atoms with Crippen LogP contribution in [0.1, 0.15) is 11.1 Å². The summed E-state index contributed by atoms with van der Waals surface area (Å²) in [4.78, 5) is 23.7. The van der Waals surface area contributed by atoms with E-state index in [9.17, 15) is 4.79 Å². The van der Waals surface area contributed by atoms with Gasteiger partial charge in [-0.1, -0.05) is 35.3 Å². The van der Waals surface area contributed by atoms with Crippen LogP contribution in [0.15, 0.2) is 79.0 Å². The Morgan fingerprint density at radius 3 is 2.43 bits per heavy atom. The van der Waals surface area contributed by atoms with Gasteiger partial charge in [0.1, 0.15) is 5.75 Å². The fourth-order valence-electron chi connectivity index (χ4n) is 5.14. The predicted molar refractivity (Wildman–Crippen MR) is 172 cm³/mol. The van der Waals surface area contributed by atoms with E-state index in [2.05, 4.69) is 21.3 Å². The van der Waals surface area contributed by atoms with E-state index in [0.717, 1.165) is 48.1 Å². The van der Waals surface area contributed by atoms with Crippen LogP contribution in [0.3, 0.4) is 0 Å². The molecule has 0 unspecified atom stereocenters. The fourth-order valence-corrected chi connectivity index (χ4v) is 5.46. The number of ether oxygens (including phenoxy) is 3. The number of anilines is 2. The van der Waals surface area contributed by atoms with E-state index in [4.69, 9.17) is 37.4 Å². The van der Waals surface area contributed by atoms with Gasteiger partial charge in [0.25, 0.3) is 0 Å². The molecular weight excluding hydrogens is 601 g/mol. The third-order valence-electron chi connectivity index (χ3n) is 7.66. The lowest BCUT2D eigenvalue weighted by Crippen LogP contribution is -2.50. The molecule has 2 aliphatic heterocycles. The Kier molecular flexibility index (Phi) is 9.26. The molecule has 0 spiro atoms. The predicted octanol–water partition coefficient (Wildman–Crippen LogP) is 6.30. The van der Waals surface area contributed by atoms with E-state index in [1.165, 1.54) is 5.56 Å². The van der Waals surface area contributed by atoms with Gasteiger partial charge in [-0.25, -0.2) is 4.98 Å². The molecule has 0 aliphatic carbocycles. The van der Waals surface area contributed by atoms with E-state index < -0.39 is 0 Å². The van der Waals surface area contributed by atoms with Gasteiger partial charge in [-0.2, -0.15) is 0 Å². The first-order valence-corrected chi connectivity index (χ1v) is 15.2. The number of benzene rings is 3. The molecule has 2 aliphatic rings. The lowest BCUT2D eigenvalue weighted by molar-refractivity contribution is -0.131. The first kappa shape index (κ1) is 29.9. The maximum Gasteiger partial charge on any atom is 0.242 e. The van der Waals surface area contributed by atoms with Crippen molar-refractivity contribution >= 4 is 40.5 Å². The fraction of sp³-hybridized carbons (Fsp3) is 0.273. The number of fused-ring (bicyclic) bond motifs is 1. The maximum absolute atomic E-state index is 13.1. The minimum Gasteiger partial charge on any atom is -0.454 e. The van der Waals surface area contributed by atoms with Crippen LogP contribution in [-0.2, 0) is 17.9 Å². The summed E-state index contributed by atoms with van der Waals surface area (Å²) in [6.45, 7) is 5.08. The van der Waals surface area contributed by atoms with Gasteiger partial charge in [0.15, 0.2) is 11.5 Å². The van der Waals surface area contributed by atoms with Crippen LogP contribution in [0.5, 0.6) is 23.1 Å². The highest BCUT2D eigenvalue weighted by Gasteiger charge is 2.23. The Hall–Kier alpha value is -4.18.